The predicted molar refractivity (Wildman–Crippen MR) is 222 cm³/mol. The number of benzene rings is 9. The fourth-order valence-corrected chi connectivity index (χ4v) is 8.66. The van der Waals surface area contributed by atoms with E-state index in [2.05, 4.69) is 207 Å². The maximum absolute atomic E-state index is 2.52. The minimum Gasteiger partial charge on any atom is -0.309 e. The lowest BCUT2D eigenvalue weighted by Gasteiger charge is -2.32. The van der Waals surface area contributed by atoms with Gasteiger partial charge in [-0.25, -0.2) is 0 Å². The lowest BCUT2D eigenvalue weighted by atomic mass is 9.81. The highest BCUT2D eigenvalue weighted by Gasteiger charge is 2.36. The van der Waals surface area contributed by atoms with Gasteiger partial charge in [-0.15, -0.1) is 0 Å². The molecule has 1 heteroatoms. The standard InChI is InChI=1S/C51H37N/c1-51(2)46-32-38-20-7-6-19-37(38)31-45(46)43-29-28-39(33-47(43)51)52(48-26-13-12-23-41(48)35-15-4-3-5-16-35)49-30-27-36-18-9-11-24-42(36)50(49)44-25-14-21-34-17-8-10-22-40(34)44/h3-33H,1-2H3. The SMILES string of the molecule is CC1(C)c2cc(N(c3ccccc3-c3ccccc3)c3ccc4ccccc4c3-c3cccc4ccccc34)ccc2-c2cc3ccccc3cc21. The van der Waals surface area contributed by atoms with E-state index in [1.165, 1.54) is 76.8 Å². The Balaban J connectivity index is 1.28. The monoisotopic (exact) mass is 663 g/mol. The maximum Gasteiger partial charge on any atom is 0.0546 e. The van der Waals surface area contributed by atoms with E-state index in [-0.39, 0.29) is 5.41 Å². The van der Waals surface area contributed by atoms with Gasteiger partial charge in [-0.2, -0.15) is 0 Å². The average Bonchev–Trinajstić information content (AvgIpc) is 3.42. The van der Waals surface area contributed by atoms with Crippen LogP contribution in [0.4, 0.5) is 17.1 Å². The minimum absolute atomic E-state index is 0.169. The molecule has 0 saturated heterocycles. The number of nitrogens with zero attached hydrogens (tertiary/aromatic N) is 1. The lowest BCUT2D eigenvalue weighted by Crippen LogP contribution is -2.17. The zero-order chi connectivity index (χ0) is 34.8. The number of para-hydroxylation sites is 1. The molecular weight excluding hydrogens is 627 g/mol. The number of rotatable bonds is 5. The number of anilines is 3. The van der Waals surface area contributed by atoms with Crippen LogP contribution in [0.5, 0.6) is 0 Å². The van der Waals surface area contributed by atoms with Crippen molar-refractivity contribution < 1.29 is 0 Å². The molecule has 0 atom stereocenters. The van der Waals surface area contributed by atoms with Crippen molar-refractivity contribution in [3.63, 3.8) is 0 Å². The van der Waals surface area contributed by atoms with Crippen molar-refractivity contribution in [3.8, 4) is 33.4 Å². The van der Waals surface area contributed by atoms with Gasteiger partial charge in [0.1, 0.15) is 0 Å². The molecule has 0 N–H and O–H groups in total. The van der Waals surface area contributed by atoms with Crippen molar-refractivity contribution >= 4 is 49.4 Å². The molecule has 0 saturated carbocycles. The van der Waals surface area contributed by atoms with E-state index in [1.54, 1.807) is 0 Å². The van der Waals surface area contributed by atoms with Gasteiger partial charge in [-0.1, -0.05) is 166 Å². The summed E-state index contributed by atoms with van der Waals surface area (Å²) < 4.78 is 0. The van der Waals surface area contributed by atoms with E-state index in [1.807, 2.05) is 0 Å². The summed E-state index contributed by atoms with van der Waals surface area (Å²) in [6, 6.07) is 69.3. The first-order chi connectivity index (χ1) is 25.6. The molecule has 0 heterocycles. The smallest absolute Gasteiger partial charge is 0.0546 e. The van der Waals surface area contributed by atoms with E-state index in [4.69, 9.17) is 0 Å². The van der Waals surface area contributed by atoms with E-state index < -0.39 is 0 Å². The van der Waals surface area contributed by atoms with E-state index >= 15 is 0 Å². The summed E-state index contributed by atoms with van der Waals surface area (Å²) in [4.78, 5) is 2.52. The Bertz CT molecular complexity index is 2820. The summed E-state index contributed by atoms with van der Waals surface area (Å²) in [5.41, 5.74) is 13.5. The van der Waals surface area contributed by atoms with Crippen LogP contribution in [-0.2, 0) is 5.41 Å². The molecule has 246 valence electrons. The van der Waals surface area contributed by atoms with Gasteiger partial charge in [0.2, 0.25) is 0 Å². The topological polar surface area (TPSA) is 3.24 Å². The summed E-state index contributed by atoms with van der Waals surface area (Å²) in [5.74, 6) is 0. The van der Waals surface area contributed by atoms with E-state index in [0.29, 0.717) is 0 Å². The molecule has 0 aliphatic heterocycles. The van der Waals surface area contributed by atoms with Crippen LogP contribution in [0.1, 0.15) is 25.0 Å². The van der Waals surface area contributed by atoms with Crippen LogP contribution >= 0.6 is 0 Å². The Morgan fingerprint density at radius 3 is 1.77 bits per heavy atom. The largest absolute Gasteiger partial charge is 0.309 e. The zero-order valence-electron chi connectivity index (χ0n) is 29.3. The van der Waals surface area contributed by atoms with Crippen molar-refractivity contribution in [1.29, 1.82) is 0 Å². The highest BCUT2D eigenvalue weighted by Crippen LogP contribution is 2.53. The second-order valence-corrected chi connectivity index (χ2v) is 14.5. The van der Waals surface area contributed by atoms with Gasteiger partial charge in [0.05, 0.1) is 11.4 Å². The second kappa shape index (κ2) is 11.8. The molecule has 9 aromatic rings. The fraction of sp³-hybridized carbons (Fsp3) is 0.0588. The van der Waals surface area contributed by atoms with Crippen LogP contribution in [-0.4, -0.2) is 0 Å². The van der Waals surface area contributed by atoms with E-state index in [0.717, 1.165) is 17.1 Å². The minimum atomic E-state index is -0.169. The van der Waals surface area contributed by atoms with Gasteiger partial charge in [0.15, 0.2) is 0 Å². The molecule has 0 bridgehead atoms. The Morgan fingerprint density at radius 2 is 0.962 bits per heavy atom. The van der Waals surface area contributed by atoms with Crippen molar-refractivity contribution in [3.05, 3.63) is 199 Å². The van der Waals surface area contributed by atoms with Crippen LogP contribution in [0.25, 0.3) is 65.7 Å². The van der Waals surface area contributed by atoms with Gasteiger partial charge in [0.25, 0.3) is 0 Å². The highest BCUT2D eigenvalue weighted by atomic mass is 15.1. The van der Waals surface area contributed by atoms with Crippen LogP contribution in [0, 0.1) is 0 Å². The highest BCUT2D eigenvalue weighted by molar-refractivity contribution is 6.12. The molecule has 0 fully saturated rings. The predicted octanol–water partition coefficient (Wildman–Crippen LogP) is 14.3. The Labute approximate surface area is 305 Å². The molecule has 9 aromatic carbocycles. The third-order valence-electron chi connectivity index (χ3n) is 11.2. The molecule has 1 nitrogen and oxygen atoms in total. The van der Waals surface area contributed by atoms with Crippen LogP contribution in [0.3, 0.4) is 0 Å². The van der Waals surface area contributed by atoms with Gasteiger partial charge in [-0.3, -0.25) is 0 Å². The van der Waals surface area contributed by atoms with Crippen molar-refractivity contribution in [1.82, 2.24) is 0 Å². The van der Waals surface area contributed by atoms with Crippen molar-refractivity contribution in [2.75, 3.05) is 4.90 Å². The molecule has 0 radical (unpaired) electrons. The Kier molecular flexibility index (Phi) is 6.91. The maximum atomic E-state index is 2.52. The first-order valence-electron chi connectivity index (χ1n) is 18.2. The first kappa shape index (κ1) is 30.4. The molecular formula is C51H37N. The van der Waals surface area contributed by atoms with Crippen LogP contribution < -0.4 is 4.90 Å². The molecule has 0 unspecified atom stereocenters. The van der Waals surface area contributed by atoms with E-state index in [9.17, 15) is 0 Å². The van der Waals surface area contributed by atoms with Crippen LogP contribution in [0.15, 0.2) is 188 Å². The zero-order valence-corrected chi connectivity index (χ0v) is 29.3. The molecule has 0 aromatic heterocycles. The van der Waals surface area contributed by atoms with Gasteiger partial charge in [0, 0.05) is 22.2 Å². The molecule has 0 amide bonds. The van der Waals surface area contributed by atoms with Gasteiger partial charge >= 0.3 is 0 Å². The number of hydrogen-bond acceptors (Lipinski definition) is 1. The third-order valence-corrected chi connectivity index (χ3v) is 11.2. The summed E-state index contributed by atoms with van der Waals surface area (Å²) in [5, 5.41) is 7.51. The van der Waals surface area contributed by atoms with Crippen LogP contribution in [0.2, 0.25) is 0 Å². The number of hydrogen-bond donors (Lipinski definition) is 0. The lowest BCUT2D eigenvalue weighted by molar-refractivity contribution is 0.661. The normalized spacial score (nSPS) is 13.0. The fourth-order valence-electron chi connectivity index (χ4n) is 8.66. The summed E-state index contributed by atoms with van der Waals surface area (Å²) in [6.07, 6.45) is 0. The molecule has 0 spiro atoms. The summed E-state index contributed by atoms with van der Waals surface area (Å²) >= 11 is 0. The molecule has 52 heavy (non-hydrogen) atoms. The average molecular weight is 664 g/mol. The van der Waals surface area contributed by atoms with Crippen molar-refractivity contribution in [2.45, 2.75) is 19.3 Å². The Morgan fingerprint density at radius 1 is 0.365 bits per heavy atom. The van der Waals surface area contributed by atoms with Crippen molar-refractivity contribution in [2.24, 2.45) is 0 Å². The first-order valence-corrected chi connectivity index (χ1v) is 18.2. The quantitative estimate of drug-likeness (QED) is 0.177. The molecule has 1 aliphatic carbocycles. The summed E-state index contributed by atoms with van der Waals surface area (Å²) in [7, 11) is 0. The third kappa shape index (κ3) is 4.70. The summed E-state index contributed by atoms with van der Waals surface area (Å²) in [6.45, 7) is 4.77. The van der Waals surface area contributed by atoms with Gasteiger partial charge in [-0.05, 0) is 102 Å². The van der Waals surface area contributed by atoms with Gasteiger partial charge < -0.3 is 4.90 Å². The molecule has 1 aliphatic rings. The Hall–Kier alpha value is -6.44. The molecule has 10 rings (SSSR count). The number of fused-ring (bicyclic) bond motifs is 6. The second-order valence-electron chi connectivity index (χ2n) is 14.5.